The van der Waals surface area contributed by atoms with E-state index in [4.69, 9.17) is 5.73 Å². The molecule has 72 valence electrons. The number of anilines is 3. The first-order valence-corrected chi connectivity index (χ1v) is 4.00. The summed E-state index contributed by atoms with van der Waals surface area (Å²) in [5.74, 6) is 1.93. The highest BCUT2D eigenvalue weighted by molar-refractivity contribution is 5.50. The van der Waals surface area contributed by atoms with Gasteiger partial charge in [-0.3, -0.25) is 0 Å². The third-order valence-corrected chi connectivity index (χ3v) is 1.58. The second-order valence-corrected chi connectivity index (χ2v) is 3.24. The highest BCUT2D eigenvalue weighted by atomic mass is 15.3. The molecule has 0 aromatic carbocycles. The minimum absolute atomic E-state index is 0.488. The molecule has 0 aliphatic rings. The van der Waals surface area contributed by atoms with Crippen LogP contribution >= 0.6 is 0 Å². The third kappa shape index (κ3) is 2.21. The van der Waals surface area contributed by atoms with Gasteiger partial charge in [0.25, 0.3) is 0 Å². The topological polar surface area (TPSA) is 58.3 Å². The second kappa shape index (κ2) is 3.47. The van der Waals surface area contributed by atoms with Gasteiger partial charge < -0.3 is 15.5 Å². The smallest absolute Gasteiger partial charge is 0.228 e. The maximum Gasteiger partial charge on any atom is 0.228 e. The Morgan fingerprint density at radius 2 is 1.69 bits per heavy atom. The van der Waals surface area contributed by atoms with Crippen molar-refractivity contribution in [1.29, 1.82) is 0 Å². The lowest BCUT2D eigenvalue weighted by Crippen LogP contribution is -2.17. The Morgan fingerprint density at radius 3 is 2.15 bits per heavy atom. The Morgan fingerprint density at radius 1 is 1.08 bits per heavy atom. The quantitative estimate of drug-likeness (QED) is 0.706. The molecule has 0 saturated heterocycles. The summed E-state index contributed by atoms with van der Waals surface area (Å²) in [6.07, 6.45) is 0. The van der Waals surface area contributed by atoms with E-state index in [1.165, 1.54) is 0 Å². The second-order valence-electron chi connectivity index (χ2n) is 3.24. The largest absolute Gasteiger partial charge is 0.383 e. The Balaban J connectivity index is 3.11. The van der Waals surface area contributed by atoms with Crippen LogP contribution in [0, 0.1) is 0 Å². The van der Waals surface area contributed by atoms with E-state index in [2.05, 4.69) is 9.97 Å². The van der Waals surface area contributed by atoms with Crippen molar-refractivity contribution >= 4 is 17.6 Å². The van der Waals surface area contributed by atoms with Gasteiger partial charge in [-0.05, 0) is 0 Å². The van der Waals surface area contributed by atoms with Gasteiger partial charge in [-0.15, -0.1) is 0 Å². The highest BCUT2D eigenvalue weighted by Gasteiger charge is 2.04. The first-order valence-electron chi connectivity index (χ1n) is 4.00. The molecule has 2 N–H and O–H groups in total. The van der Waals surface area contributed by atoms with Gasteiger partial charge in [0.05, 0.1) is 0 Å². The maximum absolute atomic E-state index is 5.63. The van der Waals surface area contributed by atoms with E-state index in [1.54, 1.807) is 6.07 Å². The average molecular weight is 181 g/mol. The Bertz CT molecular complexity index is 268. The molecular weight excluding hydrogens is 166 g/mol. The monoisotopic (exact) mass is 181 g/mol. The molecule has 0 atom stereocenters. The summed E-state index contributed by atoms with van der Waals surface area (Å²) in [5.41, 5.74) is 5.63. The van der Waals surface area contributed by atoms with Gasteiger partial charge >= 0.3 is 0 Å². The number of nitrogen functional groups attached to an aromatic ring is 1. The molecule has 1 aromatic rings. The number of rotatable bonds is 2. The van der Waals surface area contributed by atoms with Crippen molar-refractivity contribution in [3.05, 3.63) is 6.07 Å². The molecule has 0 unspecified atom stereocenters. The summed E-state index contributed by atoms with van der Waals surface area (Å²) in [5, 5.41) is 0. The zero-order valence-corrected chi connectivity index (χ0v) is 8.44. The molecule has 1 rings (SSSR count). The fraction of sp³-hybridized carbons (Fsp3) is 0.500. The van der Waals surface area contributed by atoms with Crippen molar-refractivity contribution in [1.82, 2.24) is 9.97 Å². The predicted molar refractivity (Wildman–Crippen MR) is 55.1 cm³/mol. The summed E-state index contributed by atoms with van der Waals surface area (Å²) in [6, 6.07) is 1.74. The molecule has 0 fully saturated rings. The lowest BCUT2D eigenvalue weighted by atomic mass is 10.5. The zero-order valence-electron chi connectivity index (χ0n) is 8.44. The van der Waals surface area contributed by atoms with E-state index >= 15 is 0 Å². The number of nitrogens with two attached hydrogens (primary N) is 1. The lowest BCUT2D eigenvalue weighted by Gasteiger charge is -2.15. The zero-order chi connectivity index (χ0) is 10.0. The van der Waals surface area contributed by atoms with E-state index in [1.807, 2.05) is 38.0 Å². The van der Waals surface area contributed by atoms with Crippen LogP contribution in [0.15, 0.2) is 6.07 Å². The van der Waals surface area contributed by atoms with E-state index in [0.717, 1.165) is 5.82 Å². The Hall–Kier alpha value is -1.52. The van der Waals surface area contributed by atoms with Crippen molar-refractivity contribution in [2.45, 2.75) is 0 Å². The van der Waals surface area contributed by atoms with Crippen LogP contribution in [0.3, 0.4) is 0 Å². The molecule has 0 saturated carbocycles. The van der Waals surface area contributed by atoms with Crippen LogP contribution in [0.4, 0.5) is 17.6 Å². The third-order valence-electron chi connectivity index (χ3n) is 1.58. The van der Waals surface area contributed by atoms with Crippen molar-refractivity contribution in [3.63, 3.8) is 0 Å². The van der Waals surface area contributed by atoms with Gasteiger partial charge in [-0.25, -0.2) is 0 Å². The first kappa shape index (κ1) is 9.57. The van der Waals surface area contributed by atoms with Crippen LogP contribution in [0.1, 0.15) is 0 Å². The molecule has 0 bridgehead atoms. The van der Waals surface area contributed by atoms with Gasteiger partial charge in [-0.1, -0.05) is 0 Å². The average Bonchev–Trinajstić information content (AvgIpc) is 2.03. The van der Waals surface area contributed by atoms with Crippen LogP contribution in [-0.2, 0) is 0 Å². The number of aromatic nitrogens is 2. The van der Waals surface area contributed by atoms with Gasteiger partial charge in [-0.2, -0.15) is 9.97 Å². The molecular formula is C8H15N5. The molecule has 0 spiro atoms. The summed E-state index contributed by atoms with van der Waals surface area (Å²) >= 11 is 0. The highest BCUT2D eigenvalue weighted by Crippen LogP contribution is 2.14. The van der Waals surface area contributed by atoms with Crippen molar-refractivity contribution < 1.29 is 0 Å². The summed E-state index contributed by atoms with van der Waals surface area (Å²) in [6.45, 7) is 0. The van der Waals surface area contributed by atoms with Crippen molar-refractivity contribution in [3.8, 4) is 0 Å². The molecule has 0 amide bonds. The minimum Gasteiger partial charge on any atom is -0.383 e. The van der Waals surface area contributed by atoms with E-state index in [-0.39, 0.29) is 0 Å². The lowest BCUT2D eigenvalue weighted by molar-refractivity contribution is 0.972. The maximum atomic E-state index is 5.63. The standard InChI is InChI=1S/C8H15N5/c1-12(2)7-5-6(9)10-8(11-7)13(3)4/h5H,1-4H3,(H2,9,10,11). The van der Waals surface area contributed by atoms with Gasteiger partial charge in [0, 0.05) is 34.3 Å². The van der Waals surface area contributed by atoms with Gasteiger partial charge in [0.1, 0.15) is 11.6 Å². The van der Waals surface area contributed by atoms with Crippen molar-refractivity contribution in [2.24, 2.45) is 0 Å². The van der Waals surface area contributed by atoms with Crippen LogP contribution < -0.4 is 15.5 Å². The summed E-state index contributed by atoms with van der Waals surface area (Å²) in [7, 11) is 7.60. The molecule has 5 heteroatoms. The van der Waals surface area contributed by atoms with Crippen LogP contribution in [-0.4, -0.2) is 38.2 Å². The van der Waals surface area contributed by atoms with Gasteiger partial charge in [0.2, 0.25) is 5.95 Å². The molecule has 13 heavy (non-hydrogen) atoms. The molecule has 1 aromatic heterocycles. The van der Waals surface area contributed by atoms with Crippen molar-refractivity contribution in [2.75, 3.05) is 43.7 Å². The number of nitrogens with zero attached hydrogens (tertiary/aromatic N) is 4. The molecule has 1 heterocycles. The Kier molecular flexibility index (Phi) is 2.55. The van der Waals surface area contributed by atoms with E-state index < -0.39 is 0 Å². The van der Waals surface area contributed by atoms with Gasteiger partial charge in [0.15, 0.2) is 0 Å². The predicted octanol–water partition coefficient (Wildman–Crippen LogP) is 0.191. The molecule has 0 aliphatic carbocycles. The fourth-order valence-corrected chi connectivity index (χ4v) is 0.869. The van der Waals surface area contributed by atoms with Crippen LogP contribution in [0.5, 0.6) is 0 Å². The Labute approximate surface area is 78.2 Å². The van der Waals surface area contributed by atoms with Crippen LogP contribution in [0.25, 0.3) is 0 Å². The van der Waals surface area contributed by atoms with Crippen LogP contribution in [0.2, 0.25) is 0 Å². The van der Waals surface area contributed by atoms with E-state index in [0.29, 0.717) is 11.8 Å². The first-order chi connectivity index (χ1) is 6.00. The fourth-order valence-electron chi connectivity index (χ4n) is 0.869. The summed E-state index contributed by atoms with van der Waals surface area (Å²) in [4.78, 5) is 12.1. The summed E-state index contributed by atoms with van der Waals surface area (Å²) < 4.78 is 0. The molecule has 0 aliphatic heterocycles. The SMILES string of the molecule is CN(C)c1cc(N)nc(N(C)C)n1. The van der Waals surface area contributed by atoms with E-state index in [9.17, 15) is 0 Å². The number of hydrogen-bond donors (Lipinski definition) is 1. The number of hydrogen-bond acceptors (Lipinski definition) is 5. The minimum atomic E-state index is 0.488. The normalized spacial score (nSPS) is 9.85. The molecule has 0 radical (unpaired) electrons. The molecule has 5 nitrogen and oxygen atoms in total.